The third-order valence-electron chi connectivity index (χ3n) is 0. The van der Waals surface area contributed by atoms with E-state index in [4.69, 9.17) is 0 Å². The molecule has 0 unspecified atom stereocenters. The number of rotatable bonds is 0. The van der Waals surface area contributed by atoms with Crippen LogP contribution in [0, 0.1) is 0 Å². The standard InChI is InChI=1S/3FH.Fe.Se/h3*1H;;/q;;;+3;/p-3. The van der Waals surface area contributed by atoms with Gasteiger partial charge in [0.15, 0.2) is 0 Å². The van der Waals surface area contributed by atoms with E-state index in [1.165, 1.54) is 0 Å². The van der Waals surface area contributed by atoms with Crippen molar-refractivity contribution >= 4 is 17.1 Å². The van der Waals surface area contributed by atoms with Crippen LogP contribution in [-0.4, -0.2) is 17.1 Å². The first-order valence-corrected chi connectivity index (χ1v) is 0. The topological polar surface area (TPSA) is 0 Å². The van der Waals surface area contributed by atoms with Gasteiger partial charge in [-0.25, -0.2) is 0 Å². The van der Waals surface area contributed by atoms with Crippen molar-refractivity contribution in [1.82, 2.24) is 0 Å². The van der Waals surface area contributed by atoms with Gasteiger partial charge in [-0.2, -0.15) is 0 Å². The van der Waals surface area contributed by atoms with E-state index in [0.29, 0.717) is 0 Å². The van der Waals surface area contributed by atoms with E-state index < -0.39 is 0 Å². The summed E-state index contributed by atoms with van der Waals surface area (Å²) in [4.78, 5) is 0. The third-order valence-corrected chi connectivity index (χ3v) is 0. The Hall–Kier alpha value is 0.829. The van der Waals surface area contributed by atoms with Crippen molar-refractivity contribution in [3.8, 4) is 0 Å². The van der Waals surface area contributed by atoms with Crippen molar-refractivity contribution in [3.05, 3.63) is 0 Å². The maximum Gasteiger partial charge on any atom is 3.00 e. The summed E-state index contributed by atoms with van der Waals surface area (Å²) in [7, 11) is 0. The zero-order chi connectivity index (χ0) is 0. The van der Waals surface area contributed by atoms with Crippen LogP contribution in [0.2, 0.25) is 0 Å². The summed E-state index contributed by atoms with van der Waals surface area (Å²) in [5.41, 5.74) is 0. The fourth-order valence-electron chi connectivity index (χ4n) is 0. The van der Waals surface area contributed by atoms with Gasteiger partial charge in [-0.05, 0) is 0 Å². The predicted molar refractivity (Wildman–Crippen MR) is 5.75 cm³/mol. The quantitative estimate of drug-likeness (QED) is 0.334. The third kappa shape index (κ3) is 56.2. The van der Waals surface area contributed by atoms with Crippen LogP contribution in [0.15, 0.2) is 0 Å². The van der Waals surface area contributed by atoms with Gasteiger partial charge in [0.1, 0.15) is 0 Å². The van der Waals surface area contributed by atoms with E-state index >= 15 is 0 Å². The maximum atomic E-state index is 0. The fraction of sp³-hybridized carbons (Fsp3) is 0. The van der Waals surface area contributed by atoms with Crippen molar-refractivity contribution < 1.29 is 31.2 Å². The average Bonchev–Trinajstić information content (AvgIpc) is 0. The SMILES string of the molecule is [F-].[F-].[F-].[Fe+3].[Se]. The summed E-state index contributed by atoms with van der Waals surface area (Å²) in [5, 5.41) is 0. The summed E-state index contributed by atoms with van der Waals surface area (Å²) >= 11 is 0. The molecule has 0 aliphatic rings. The molecular formula is F3FeSe. The van der Waals surface area contributed by atoms with Crippen molar-refractivity contribution in [2.24, 2.45) is 0 Å². The van der Waals surface area contributed by atoms with Crippen LogP contribution in [0.3, 0.4) is 0 Å². The normalized spacial score (nSPS) is 0. The summed E-state index contributed by atoms with van der Waals surface area (Å²) in [6.07, 6.45) is 0. The summed E-state index contributed by atoms with van der Waals surface area (Å²) in [6, 6.07) is 0. The molecule has 0 nitrogen and oxygen atoms in total. The van der Waals surface area contributed by atoms with Crippen molar-refractivity contribution in [1.29, 1.82) is 0 Å². The molecule has 0 aliphatic heterocycles. The van der Waals surface area contributed by atoms with Crippen molar-refractivity contribution in [3.63, 3.8) is 0 Å². The van der Waals surface area contributed by atoms with Gasteiger partial charge >= 0.3 is 17.1 Å². The minimum atomic E-state index is 0. The molecular weight excluding hydrogens is 192 g/mol. The molecule has 0 aromatic heterocycles. The van der Waals surface area contributed by atoms with Gasteiger partial charge in [0, 0.05) is 17.1 Å². The molecule has 0 saturated carbocycles. The summed E-state index contributed by atoms with van der Waals surface area (Å²) < 4.78 is 0. The van der Waals surface area contributed by atoms with E-state index in [1.807, 2.05) is 0 Å². The molecule has 5 heavy (non-hydrogen) atoms. The molecule has 35 valence electrons. The number of hydrogen-bond acceptors (Lipinski definition) is 0. The molecule has 0 bridgehead atoms. The van der Waals surface area contributed by atoms with Crippen LogP contribution >= 0.6 is 0 Å². The maximum absolute atomic E-state index is 0. The van der Waals surface area contributed by atoms with Gasteiger partial charge in [0.2, 0.25) is 0 Å². The van der Waals surface area contributed by atoms with Crippen LogP contribution in [0.4, 0.5) is 0 Å². The molecule has 0 aliphatic carbocycles. The predicted octanol–water partition coefficient (Wildman–Crippen LogP) is -9.37. The molecule has 0 saturated heterocycles. The van der Waals surface area contributed by atoms with E-state index in [9.17, 15) is 0 Å². The van der Waals surface area contributed by atoms with Gasteiger partial charge in [0.05, 0.1) is 0 Å². The molecule has 5 heteroatoms. The van der Waals surface area contributed by atoms with Crippen molar-refractivity contribution in [2.75, 3.05) is 0 Å². The Labute approximate surface area is 48.7 Å². The van der Waals surface area contributed by atoms with Gasteiger partial charge in [-0.1, -0.05) is 0 Å². The van der Waals surface area contributed by atoms with Crippen molar-refractivity contribution in [2.45, 2.75) is 0 Å². The first kappa shape index (κ1) is 198. The largest absolute Gasteiger partial charge is 3.00 e. The van der Waals surface area contributed by atoms with E-state index in [2.05, 4.69) is 0 Å². The molecule has 0 atom stereocenters. The molecule has 0 rings (SSSR count). The molecule has 0 fully saturated rings. The van der Waals surface area contributed by atoms with Gasteiger partial charge in [-0.15, -0.1) is 0 Å². The van der Waals surface area contributed by atoms with Gasteiger partial charge in [0.25, 0.3) is 0 Å². The van der Waals surface area contributed by atoms with E-state index in [0.717, 1.165) is 0 Å². The van der Waals surface area contributed by atoms with Crippen LogP contribution in [0.25, 0.3) is 0 Å². The van der Waals surface area contributed by atoms with E-state index in [1.54, 1.807) is 0 Å². The number of halogens is 3. The van der Waals surface area contributed by atoms with Crippen LogP contribution in [-0.2, 0) is 17.1 Å². The molecule has 0 amide bonds. The Morgan fingerprint density at radius 1 is 0.600 bits per heavy atom. The van der Waals surface area contributed by atoms with Crippen LogP contribution in [0.1, 0.15) is 0 Å². The zero-order valence-corrected chi connectivity index (χ0v) is 4.71. The zero-order valence-electron chi connectivity index (χ0n) is 1.90. The Bertz CT molecular complexity index is 6.85. The van der Waals surface area contributed by atoms with Gasteiger partial charge in [-0.3, -0.25) is 0 Å². The monoisotopic (exact) mass is 193 g/mol. The first-order valence-electron chi connectivity index (χ1n) is 0. The van der Waals surface area contributed by atoms with E-state index in [-0.39, 0.29) is 48.3 Å². The van der Waals surface area contributed by atoms with Crippen LogP contribution in [0.5, 0.6) is 0 Å². The summed E-state index contributed by atoms with van der Waals surface area (Å²) in [5.74, 6) is 0. The minimum absolute atomic E-state index is 0. The number of hydrogen-bond donors (Lipinski definition) is 0. The first-order chi connectivity index (χ1) is 0. The Balaban J connectivity index is 0. The molecule has 0 aromatic carbocycles. The molecule has 0 aromatic rings. The fourth-order valence-corrected chi connectivity index (χ4v) is 0. The second-order valence-corrected chi connectivity index (χ2v) is 0. The molecule has 0 heterocycles. The molecule has 3 radical (unpaired) electrons. The Morgan fingerprint density at radius 3 is 0.600 bits per heavy atom. The Morgan fingerprint density at radius 2 is 0.600 bits per heavy atom. The molecule has 0 spiro atoms. The molecule has 0 N–H and O–H groups in total. The second kappa shape index (κ2) is 103. The second-order valence-electron chi connectivity index (χ2n) is 0. The van der Waals surface area contributed by atoms with Gasteiger partial charge < -0.3 is 14.1 Å². The minimum Gasteiger partial charge on any atom is -1.00 e. The summed E-state index contributed by atoms with van der Waals surface area (Å²) in [6.45, 7) is 0. The Kier molecular flexibility index (Phi) is 4080. The smallest absolute Gasteiger partial charge is 1.00 e. The average molecular weight is 192 g/mol. The van der Waals surface area contributed by atoms with Crippen LogP contribution < -0.4 is 14.1 Å².